The molecule has 0 aliphatic carbocycles. The van der Waals surface area contributed by atoms with E-state index < -0.39 is 52.6 Å². The maximum absolute atomic E-state index is 14.9. The average molecular weight is 612 g/mol. The molecule has 0 radical (unpaired) electrons. The lowest BCUT2D eigenvalue weighted by atomic mass is 9.91. The number of fused-ring (bicyclic) bond motifs is 4. The van der Waals surface area contributed by atoms with Gasteiger partial charge in [0.2, 0.25) is 11.8 Å². The summed E-state index contributed by atoms with van der Waals surface area (Å²) in [6, 6.07) is 3.78. The number of alkyl halides is 5. The van der Waals surface area contributed by atoms with Gasteiger partial charge in [0.25, 0.3) is 0 Å². The number of aromatic nitrogens is 3. The Labute approximate surface area is 241 Å². The summed E-state index contributed by atoms with van der Waals surface area (Å²) in [6.07, 6.45) is -0.318. The van der Waals surface area contributed by atoms with Crippen LogP contribution in [0.2, 0.25) is 5.02 Å². The molecule has 14 heteroatoms. The van der Waals surface area contributed by atoms with E-state index in [-0.39, 0.29) is 41.4 Å². The van der Waals surface area contributed by atoms with Gasteiger partial charge in [-0.1, -0.05) is 24.9 Å². The van der Waals surface area contributed by atoms with E-state index in [1.54, 1.807) is 6.92 Å². The molecule has 2 atom stereocenters. The number of anilines is 1. The molecule has 3 aromatic rings. The first kappa shape index (κ1) is 29.6. The number of hydrogen-bond donors (Lipinski definition) is 1. The van der Waals surface area contributed by atoms with Crippen molar-refractivity contribution in [2.75, 3.05) is 11.9 Å². The maximum atomic E-state index is 14.9. The van der Waals surface area contributed by atoms with Gasteiger partial charge in [-0.3, -0.25) is 14.6 Å². The van der Waals surface area contributed by atoms with E-state index in [9.17, 15) is 35.9 Å². The summed E-state index contributed by atoms with van der Waals surface area (Å²) in [7, 11) is 0. The highest BCUT2D eigenvalue weighted by Crippen LogP contribution is 2.42. The first-order valence-corrected chi connectivity index (χ1v) is 13.4. The Balaban J connectivity index is 1.56. The van der Waals surface area contributed by atoms with Crippen molar-refractivity contribution in [3.63, 3.8) is 0 Å². The summed E-state index contributed by atoms with van der Waals surface area (Å²) in [4.78, 5) is 32.0. The zero-order valence-corrected chi connectivity index (χ0v) is 22.8. The SMILES string of the molecule is CC1CCCC(N2CCC(c3c(C(F)(F)F)ccc(Cl)c3F)=CC2=O)c2cc(ccn2)-c2c(cnn2C(F)F)NC1=O. The molecule has 5 rings (SSSR count). The van der Waals surface area contributed by atoms with Crippen molar-refractivity contribution in [2.24, 2.45) is 5.92 Å². The molecule has 1 N–H and O–H groups in total. The molecular formula is C28H24ClF6N5O2. The minimum Gasteiger partial charge on any atom is -0.330 e. The molecule has 0 saturated carbocycles. The predicted molar refractivity (Wildman–Crippen MR) is 142 cm³/mol. The zero-order chi connectivity index (χ0) is 30.3. The molecular weight excluding hydrogens is 588 g/mol. The van der Waals surface area contributed by atoms with Crippen LogP contribution in [0, 0.1) is 11.7 Å². The van der Waals surface area contributed by atoms with Crippen molar-refractivity contribution >= 4 is 34.7 Å². The van der Waals surface area contributed by atoms with E-state index in [0.717, 1.165) is 18.3 Å². The number of amides is 2. The normalized spacial score (nSPS) is 20.0. The monoisotopic (exact) mass is 611 g/mol. The van der Waals surface area contributed by atoms with E-state index in [1.807, 2.05) is 0 Å². The maximum Gasteiger partial charge on any atom is 0.417 e. The van der Waals surface area contributed by atoms with Crippen molar-refractivity contribution in [1.29, 1.82) is 0 Å². The van der Waals surface area contributed by atoms with Crippen LogP contribution in [0.3, 0.4) is 0 Å². The highest BCUT2D eigenvalue weighted by atomic mass is 35.5. The van der Waals surface area contributed by atoms with Crippen LogP contribution in [-0.4, -0.2) is 38.0 Å². The van der Waals surface area contributed by atoms with Gasteiger partial charge in [-0.15, -0.1) is 0 Å². The first-order valence-electron chi connectivity index (χ1n) is 13.1. The van der Waals surface area contributed by atoms with Crippen molar-refractivity contribution in [3.05, 3.63) is 70.4 Å². The summed E-state index contributed by atoms with van der Waals surface area (Å²) in [5, 5.41) is 5.90. The number of nitrogens with one attached hydrogen (secondary N) is 1. The molecule has 2 bridgehead atoms. The van der Waals surface area contributed by atoms with E-state index in [2.05, 4.69) is 15.4 Å². The second-order valence-electron chi connectivity index (χ2n) is 10.2. The van der Waals surface area contributed by atoms with Crippen LogP contribution in [0.25, 0.3) is 16.8 Å². The van der Waals surface area contributed by atoms with Gasteiger partial charge in [0.05, 0.1) is 39.9 Å². The van der Waals surface area contributed by atoms with Crippen LogP contribution in [0.15, 0.2) is 42.7 Å². The van der Waals surface area contributed by atoms with Gasteiger partial charge in [-0.2, -0.15) is 27.1 Å². The number of hydrogen-bond acceptors (Lipinski definition) is 4. The van der Waals surface area contributed by atoms with Crippen LogP contribution in [-0.2, 0) is 15.8 Å². The van der Waals surface area contributed by atoms with Crippen molar-refractivity contribution in [1.82, 2.24) is 19.7 Å². The highest BCUT2D eigenvalue weighted by Gasteiger charge is 2.38. The second kappa shape index (κ2) is 11.4. The Morgan fingerprint density at radius 1 is 1.14 bits per heavy atom. The minimum atomic E-state index is -4.88. The van der Waals surface area contributed by atoms with Crippen LogP contribution in [0.4, 0.5) is 32.0 Å². The first-order chi connectivity index (χ1) is 19.9. The fourth-order valence-corrected chi connectivity index (χ4v) is 5.56. The number of benzene rings is 1. The van der Waals surface area contributed by atoms with Crippen LogP contribution in [0.5, 0.6) is 0 Å². The fourth-order valence-electron chi connectivity index (χ4n) is 5.40. The van der Waals surface area contributed by atoms with Crippen molar-refractivity contribution in [3.8, 4) is 11.3 Å². The van der Waals surface area contributed by atoms with Gasteiger partial charge in [0.1, 0.15) is 5.82 Å². The number of halogens is 7. The molecule has 2 aromatic heterocycles. The number of rotatable bonds is 3. The Morgan fingerprint density at radius 2 is 1.90 bits per heavy atom. The lowest BCUT2D eigenvalue weighted by Crippen LogP contribution is -2.38. The van der Waals surface area contributed by atoms with Crippen LogP contribution >= 0.6 is 11.6 Å². The zero-order valence-electron chi connectivity index (χ0n) is 22.1. The highest BCUT2D eigenvalue weighted by molar-refractivity contribution is 6.31. The molecule has 0 saturated heterocycles. The fraction of sp³-hybridized carbons (Fsp3) is 0.357. The molecule has 7 nitrogen and oxygen atoms in total. The summed E-state index contributed by atoms with van der Waals surface area (Å²) in [5.41, 5.74) is -1.48. The third-order valence-corrected chi connectivity index (χ3v) is 7.79. The Bertz CT molecular complexity index is 1570. The summed E-state index contributed by atoms with van der Waals surface area (Å²) in [6.45, 7) is -1.39. The lowest BCUT2D eigenvalue weighted by molar-refractivity contribution is -0.138. The van der Waals surface area contributed by atoms with Gasteiger partial charge in [0.15, 0.2) is 0 Å². The van der Waals surface area contributed by atoms with Gasteiger partial charge in [0, 0.05) is 35.9 Å². The largest absolute Gasteiger partial charge is 0.417 e. The average Bonchev–Trinajstić information content (AvgIpc) is 3.35. The molecule has 2 aliphatic heterocycles. The smallest absolute Gasteiger partial charge is 0.330 e. The Morgan fingerprint density at radius 3 is 2.60 bits per heavy atom. The van der Waals surface area contributed by atoms with E-state index >= 15 is 0 Å². The van der Waals surface area contributed by atoms with Crippen LogP contribution < -0.4 is 5.32 Å². The molecule has 2 aliphatic rings. The molecule has 1 aromatic carbocycles. The van der Waals surface area contributed by atoms with Gasteiger partial charge in [-0.25, -0.2) is 9.07 Å². The summed E-state index contributed by atoms with van der Waals surface area (Å²) in [5.74, 6) is -2.83. The van der Waals surface area contributed by atoms with Crippen molar-refractivity contribution < 1.29 is 35.9 Å². The quantitative estimate of drug-likeness (QED) is 0.316. The summed E-state index contributed by atoms with van der Waals surface area (Å²) >= 11 is 5.79. The van der Waals surface area contributed by atoms with Crippen LogP contribution in [0.1, 0.15) is 62.0 Å². The second-order valence-corrected chi connectivity index (χ2v) is 10.6. The third-order valence-electron chi connectivity index (χ3n) is 7.50. The molecule has 42 heavy (non-hydrogen) atoms. The standard InChI is InChI=1S/C28H24ClF6N5O2/c1-14-3-2-4-21(19-11-16(7-9-36-19)25-20(38-26(14)42)13-37-40(25)27(31)32)39-10-8-15(12-22(39)41)23-17(28(33,34)35)5-6-18(29)24(23)30/h5-7,9,11-14,21,27H,2-4,8,10H2,1H3,(H,38,42). The number of pyridine rings is 1. The van der Waals surface area contributed by atoms with E-state index in [0.29, 0.717) is 35.7 Å². The third kappa shape index (κ3) is 5.61. The minimum absolute atomic E-state index is 0.0446. The lowest BCUT2D eigenvalue weighted by Gasteiger charge is -2.35. The summed E-state index contributed by atoms with van der Waals surface area (Å²) < 4.78 is 84.2. The van der Waals surface area contributed by atoms with E-state index in [4.69, 9.17) is 11.6 Å². The number of nitrogens with zero attached hydrogens (tertiary/aromatic N) is 4. The Kier molecular flexibility index (Phi) is 8.06. The Hall–Kier alpha value is -3.87. The number of carbonyl (C=O) groups is 2. The number of carbonyl (C=O) groups excluding carboxylic acids is 2. The van der Waals surface area contributed by atoms with Gasteiger partial charge in [-0.05, 0) is 49.1 Å². The van der Waals surface area contributed by atoms with E-state index in [1.165, 1.54) is 23.2 Å². The molecule has 0 fully saturated rings. The molecule has 4 heterocycles. The van der Waals surface area contributed by atoms with Gasteiger partial charge >= 0.3 is 12.7 Å². The molecule has 2 unspecified atom stereocenters. The van der Waals surface area contributed by atoms with Crippen molar-refractivity contribution in [2.45, 2.75) is 51.4 Å². The molecule has 222 valence electrons. The molecule has 0 spiro atoms. The predicted octanol–water partition coefficient (Wildman–Crippen LogP) is 7.27. The van der Waals surface area contributed by atoms with Gasteiger partial charge < -0.3 is 10.2 Å². The topological polar surface area (TPSA) is 80.1 Å². The molecule has 2 amide bonds.